The maximum atomic E-state index is 11.3. The van der Waals surface area contributed by atoms with E-state index < -0.39 is 10.0 Å². The molecule has 1 aliphatic heterocycles. The summed E-state index contributed by atoms with van der Waals surface area (Å²) in [6, 6.07) is 0. The van der Waals surface area contributed by atoms with Crippen LogP contribution in [0.25, 0.3) is 0 Å². The molecule has 0 radical (unpaired) electrons. The molecule has 4 nitrogen and oxygen atoms in total. The summed E-state index contributed by atoms with van der Waals surface area (Å²) >= 11 is 0. The number of hydrogen-bond acceptors (Lipinski definition) is 3. The number of nitrogens with zero attached hydrogens (tertiary/aromatic N) is 1. The van der Waals surface area contributed by atoms with Crippen LogP contribution >= 0.6 is 0 Å². The molecule has 0 spiro atoms. The third kappa shape index (κ3) is 2.43. The van der Waals surface area contributed by atoms with Gasteiger partial charge in [0.05, 0.1) is 5.75 Å². The van der Waals surface area contributed by atoms with Crippen molar-refractivity contribution >= 4 is 10.0 Å². The van der Waals surface area contributed by atoms with Crippen LogP contribution in [0.1, 0.15) is 6.42 Å². The Labute approximate surface area is 67.6 Å². The first kappa shape index (κ1) is 8.96. The number of likely N-dealkylation sites (N-methyl/N-ethyl adjacent to an activating group) is 1. The van der Waals surface area contributed by atoms with Crippen molar-refractivity contribution in [2.75, 3.05) is 32.4 Å². The lowest BCUT2D eigenvalue weighted by atomic mass is 10.4. The Kier molecular flexibility index (Phi) is 2.86. The minimum atomic E-state index is -2.93. The van der Waals surface area contributed by atoms with Gasteiger partial charge < -0.3 is 5.32 Å². The van der Waals surface area contributed by atoms with E-state index in [1.165, 1.54) is 4.31 Å². The molecule has 0 amide bonds. The molecule has 66 valence electrons. The molecular weight excluding hydrogens is 164 g/mol. The summed E-state index contributed by atoms with van der Waals surface area (Å²) in [7, 11) is -1.30. The summed E-state index contributed by atoms with van der Waals surface area (Å²) in [5.74, 6) is 0.274. The molecule has 11 heavy (non-hydrogen) atoms. The van der Waals surface area contributed by atoms with E-state index in [9.17, 15) is 8.42 Å². The fourth-order valence-corrected chi connectivity index (χ4v) is 2.23. The van der Waals surface area contributed by atoms with Crippen LogP contribution in [0.3, 0.4) is 0 Å². The van der Waals surface area contributed by atoms with Crippen LogP contribution in [-0.4, -0.2) is 45.2 Å². The predicted molar refractivity (Wildman–Crippen MR) is 43.9 cm³/mol. The van der Waals surface area contributed by atoms with Gasteiger partial charge in [0.15, 0.2) is 0 Å². The Balaban J connectivity index is 2.62. The molecule has 0 unspecified atom stereocenters. The van der Waals surface area contributed by atoms with Gasteiger partial charge >= 0.3 is 0 Å². The maximum Gasteiger partial charge on any atom is 0.213 e. The predicted octanol–water partition coefficient (Wildman–Crippen LogP) is -0.759. The minimum absolute atomic E-state index is 0.274. The Morgan fingerprint density at radius 2 is 2.09 bits per heavy atom. The van der Waals surface area contributed by atoms with Crippen molar-refractivity contribution in [3.8, 4) is 0 Å². The molecule has 1 saturated heterocycles. The first-order valence-corrected chi connectivity index (χ1v) is 5.38. The molecular formula is C6H14N2O2S. The maximum absolute atomic E-state index is 11.3. The second-order valence-electron chi connectivity index (χ2n) is 2.74. The first-order valence-electron chi connectivity index (χ1n) is 3.78. The van der Waals surface area contributed by atoms with E-state index in [1.54, 1.807) is 7.05 Å². The minimum Gasteiger partial charge on any atom is -0.315 e. The lowest BCUT2D eigenvalue weighted by Crippen LogP contribution is -2.39. The van der Waals surface area contributed by atoms with E-state index in [-0.39, 0.29) is 5.75 Å². The van der Waals surface area contributed by atoms with E-state index in [4.69, 9.17) is 0 Å². The van der Waals surface area contributed by atoms with Crippen LogP contribution in [-0.2, 0) is 10.0 Å². The molecule has 1 fully saturated rings. The number of sulfonamides is 1. The largest absolute Gasteiger partial charge is 0.315 e. The Morgan fingerprint density at radius 3 is 2.82 bits per heavy atom. The molecule has 1 heterocycles. The number of rotatable bonds is 0. The molecule has 0 aromatic carbocycles. The Morgan fingerprint density at radius 1 is 1.36 bits per heavy atom. The Bertz CT molecular complexity index is 213. The summed E-state index contributed by atoms with van der Waals surface area (Å²) in [4.78, 5) is 0. The lowest BCUT2D eigenvalue weighted by molar-refractivity contribution is 0.445. The quantitative estimate of drug-likeness (QED) is 0.530. The number of hydrogen-bond donors (Lipinski definition) is 1. The molecule has 0 atom stereocenters. The van der Waals surface area contributed by atoms with Gasteiger partial charge in [0.25, 0.3) is 0 Å². The molecule has 1 aliphatic rings. The third-order valence-corrected chi connectivity index (χ3v) is 3.77. The summed E-state index contributed by atoms with van der Waals surface area (Å²) in [5.41, 5.74) is 0. The molecule has 1 rings (SSSR count). The van der Waals surface area contributed by atoms with Gasteiger partial charge in [0.1, 0.15) is 0 Å². The normalized spacial score (nSPS) is 27.4. The zero-order chi connectivity index (χ0) is 8.32. The average molecular weight is 178 g/mol. The fraction of sp³-hybridized carbons (Fsp3) is 1.00. The van der Waals surface area contributed by atoms with E-state index in [2.05, 4.69) is 5.32 Å². The Hall–Kier alpha value is -0.130. The summed E-state index contributed by atoms with van der Waals surface area (Å²) < 4.78 is 23.9. The van der Waals surface area contributed by atoms with Crippen molar-refractivity contribution in [2.24, 2.45) is 0 Å². The first-order chi connectivity index (χ1) is 5.13. The van der Waals surface area contributed by atoms with Gasteiger partial charge in [-0.2, -0.15) is 0 Å². The van der Waals surface area contributed by atoms with Crippen molar-refractivity contribution in [1.82, 2.24) is 9.62 Å². The van der Waals surface area contributed by atoms with Gasteiger partial charge in [-0.15, -0.1) is 0 Å². The highest BCUT2D eigenvalue weighted by molar-refractivity contribution is 7.89. The standard InChI is InChI=1S/C6H14N2O2S/c1-8-5-4-7-3-2-6-11(8,9)10/h7H,2-6H2,1H3. The summed E-state index contributed by atoms with van der Waals surface area (Å²) in [6.45, 7) is 2.16. The van der Waals surface area contributed by atoms with Crippen molar-refractivity contribution in [3.05, 3.63) is 0 Å². The molecule has 5 heteroatoms. The highest BCUT2D eigenvalue weighted by atomic mass is 32.2. The van der Waals surface area contributed by atoms with Crippen LogP contribution < -0.4 is 5.32 Å². The zero-order valence-electron chi connectivity index (χ0n) is 6.71. The van der Waals surface area contributed by atoms with Gasteiger partial charge in [-0.25, -0.2) is 12.7 Å². The lowest BCUT2D eigenvalue weighted by Gasteiger charge is -2.20. The van der Waals surface area contributed by atoms with Gasteiger partial charge in [0, 0.05) is 20.1 Å². The van der Waals surface area contributed by atoms with Crippen LogP contribution in [0.15, 0.2) is 0 Å². The monoisotopic (exact) mass is 178 g/mol. The van der Waals surface area contributed by atoms with Gasteiger partial charge in [-0.3, -0.25) is 0 Å². The molecule has 0 aromatic heterocycles. The highest BCUT2D eigenvalue weighted by Gasteiger charge is 2.18. The second-order valence-corrected chi connectivity index (χ2v) is 4.94. The third-order valence-electron chi connectivity index (χ3n) is 1.83. The fourth-order valence-electron chi connectivity index (χ4n) is 1.04. The SMILES string of the molecule is CN1CCNCCCS1(=O)=O. The van der Waals surface area contributed by atoms with Gasteiger partial charge in [-0.1, -0.05) is 0 Å². The number of nitrogens with one attached hydrogen (secondary N) is 1. The van der Waals surface area contributed by atoms with Crippen molar-refractivity contribution in [2.45, 2.75) is 6.42 Å². The molecule has 0 saturated carbocycles. The second kappa shape index (κ2) is 3.51. The van der Waals surface area contributed by atoms with Gasteiger partial charge in [-0.05, 0) is 13.0 Å². The van der Waals surface area contributed by atoms with Crippen LogP contribution in [0, 0.1) is 0 Å². The van der Waals surface area contributed by atoms with Gasteiger partial charge in [0.2, 0.25) is 10.0 Å². The van der Waals surface area contributed by atoms with Crippen molar-refractivity contribution < 1.29 is 8.42 Å². The molecule has 1 N–H and O–H groups in total. The zero-order valence-corrected chi connectivity index (χ0v) is 7.52. The van der Waals surface area contributed by atoms with E-state index in [0.29, 0.717) is 13.0 Å². The van der Waals surface area contributed by atoms with Crippen LogP contribution in [0.2, 0.25) is 0 Å². The van der Waals surface area contributed by atoms with Crippen molar-refractivity contribution in [3.63, 3.8) is 0 Å². The molecule has 0 aromatic rings. The van der Waals surface area contributed by atoms with E-state index in [0.717, 1.165) is 13.1 Å². The smallest absolute Gasteiger partial charge is 0.213 e. The van der Waals surface area contributed by atoms with E-state index >= 15 is 0 Å². The van der Waals surface area contributed by atoms with E-state index in [1.807, 2.05) is 0 Å². The topological polar surface area (TPSA) is 49.4 Å². The highest BCUT2D eigenvalue weighted by Crippen LogP contribution is 2.00. The average Bonchev–Trinajstić information content (AvgIpc) is 1.93. The molecule has 0 bridgehead atoms. The van der Waals surface area contributed by atoms with Crippen molar-refractivity contribution in [1.29, 1.82) is 0 Å². The summed E-state index contributed by atoms with van der Waals surface area (Å²) in [5, 5.41) is 3.15. The van der Waals surface area contributed by atoms with Crippen LogP contribution in [0.5, 0.6) is 0 Å². The summed E-state index contributed by atoms with van der Waals surface area (Å²) in [6.07, 6.45) is 0.715. The van der Waals surface area contributed by atoms with Crippen LogP contribution in [0.4, 0.5) is 0 Å². The molecule has 0 aliphatic carbocycles.